The molecule has 7 heteroatoms. The smallest absolute Gasteiger partial charge is 0.326 e. The summed E-state index contributed by atoms with van der Waals surface area (Å²) < 4.78 is 11.9. The van der Waals surface area contributed by atoms with E-state index in [-0.39, 0.29) is 6.42 Å². The van der Waals surface area contributed by atoms with Crippen LogP contribution >= 0.6 is 0 Å². The van der Waals surface area contributed by atoms with Crippen molar-refractivity contribution in [2.75, 3.05) is 13.2 Å². The molecule has 0 aliphatic heterocycles. The minimum atomic E-state index is -1.13. The minimum Gasteiger partial charge on any atom is -0.492 e. The molecule has 0 bridgehead atoms. The summed E-state index contributed by atoms with van der Waals surface area (Å²) in [7, 11) is 0. The lowest BCUT2D eigenvalue weighted by Gasteiger charge is -2.23. The molecule has 0 aliphatic carbocycles. The van der Waals surface area contributed by atoms with Gasteiger partial charge in [-0.15, -0.1) is 0 Å². The van der Waals surface area contributed by atoms with Gasteiger partial charge in [-0.1, -0.05) is 97.1 Å². The number of benzene rings is 5. The number of para-hydroxylation sites is 1. The van der Waals surface area contributed by atoms with Crippen LogP contribution in [0.25, 0.3) is 0 Å². The van der Waals surface area contributed by atoms with Crippen molar-refractivity contribution in [3.8, 4) is 17.2 Å². The van der Waals surface area contributed by atoms with Gasteiger partial charge in [-0.25, -0.2) is 4.79 Å². The summed E-state index contributed by atoms with van der Waals surface area (Å²) in [6.07, 6.45) is 0.0991. The van der Waals surface area contributed by atoms with E-state index in [0.29, 0.717) is 36.0 Å². The number of rotatable bonds is 15. The standard InChI is InChI=1S/C38H36N2O5/c41-37(39-36(38(42)43)25-31-16-10-21-35(24-31)45-33-18-8-3-9-19-33)32-17-11-20-34(26-32)44-23-22-40(27-29-12-4-1-5-13-29)28-30-14-6-2-7-15-30/h1-21,24,26,36H,22-23,25,27-28H2,(H,39,41)(H,42,43). The van der Waals surface area contributed by atoms with Crippen LogP contribution < -0.4 is 14.8 Å². The van der Waals surface area contributed by atoms with E-state index in [9.17, 15) is 14.7 Å². The summed E-state index contributed by atoms with van der Waals surface area (Å²) in [4.78, 5) is 27.6. The Labute approximate surface area is 263 Å². The summed E-state index contributed by atoms with van der Waals surface area (Å²) in [6.45, 7) is 2.65. The highest BCUT2D eigenvalue weighted by Gasteiger charge is 2.22. The summed E-state index contributed by atoms with van der Waals surface area (Å²) in [5, 5.41) is 12.6. The zero-order valence-electron chi connectivity index (χ0n) is 24.9. The summed E-state index contributed by atoms with van der Waals surface area (Å²) in [6, 6.07) is 42.8. The highest BCUT2D eigenvalue weighted by Crippen LogP contribution is 2.23. The van der Waals surface area contributed by atoms with Crippen LogP contribution in [0.1, 0.15) is 27.0 Å². The fourth-order valence-corrected chi connectivity index (χ4v) is 4.95. The van der Waals surface area contributed by atoms with Gasteiger partial charge in [0.05, 0.1) is 0 Å². The third-order valence-corrected chi connectivity index (χ3v) is 7.19. The molecule has 5 aromatic carbocycles. The van der Waals surface area contributed by atoms with E-state index in [4.69, 9.17) is 9.47 Å². The molecular formula is C38H36N2O5. The highest BCUT2D eigenvalue weighted by molar-refractivity contribution is 5.97. The largest absolute Gasteiger partial charge is 0.492 e. The number of carbonyl (C=O) groups is 2. The zero-order chi connectivity index (χ0) is 31.3. The van der Waals surface area contributed by atoms with E-state index in [0.717, 1.165) is 18.7 Å². The molecule has 0 saturated heterocycles. The number of carbonyl (C=O) groups excluding carboxylic acids is 1. The Morgan fingerprint density at radius 3 is 1.84 bits per heavy atom. The highest BCUT2D eigenvalue weighted by atomic mass is 16.5. The maximum absolute atomic E-state index is 13.1. The first-order valence-electron chi connectivity index (χ1n) is 14.9. The van der Waals surface area contributed by atoms with Gasteiger partial charge >= 0.3 is 5.97 Å². The number of amides is 1. The first-order chi connectivity index (χ1) is 22.0. The van der Waals surface area contributed by atoms with E-state index in [1.165, 1.54) is 11.1 Å². The normalized spacial score (nSPS) is 11.5. The van der Waals surface area contributed by atoms with Crippen molar-refractivity contribution in [1.82, 2.24) is 10.2 Å². The molecule has 2 N–H and O–H groups in total. The predicted molar refractivity (Wildman–Crippen MR) is 174 cm³/mol. The van der Waals surface area contributed by atoms with Gasteiger partial charge in [0.2, 0.25) is 0 Å². The Morgan fingerprint density at radius 2 is 1.20 bits per heavy atom. The topological polar surface area (TPSA) is 88.1 Å². The number of nitrogens with zero attached hydrogens (tertiary/aromatic N) is 1. The van der Waals surface area contributed by atoms with Crippen LogP contribution in [-0.2, 0) is 24.3 Å². The lowest BCUT2D eigenvalue weighted by atomic mass is 10.0. The van der Waals surface area contributed by atoms with Gasteiger partial charge in [0.25, 0.3) is 5.91 Å². The number of nitrogens with one attached hydrogen (secondary N) is 1. The zero-order valence-corrected chi connectivity index (χ0v) is 24.9. The Bertz CT molecular complexity index is 1620. The van der Waals surface area contributed by atoms with Crippen molar-refractivity contribution in [3.63, 3.8) is 0 Å². The van der Waals surface area contributed by atoms with Crippen LogP contribution in [0.3, 0.4) is 0 Å². The van der Waals surface area contributed by atoms with Crippen LogP contribution in [0.4, 0.5) is 0 Å². The van der Waals surface area contributed by atoms with Crippen molar-refractivity contribution in [1.29, 1.82) is 0 Å². The molecule has 45 heavy (non-hydrogen) atoms. The van der Waals surface area contributed by atoms with Crippen molar-refractivity contribution in [2.45, 2.75) is 25.6 Å². The third kappa shape index (κ3) is 9.81. The van der Waals surface area contributed by atoms with Gasteiger partial charge in [0, 0.05) is 31.6 Å². The van der Waals surface area contributed by atoms with Gasteiger partial charge in [-0.3, -0.25) is 9.69 Å². The summed E-state index contributed by atoms with van der Waals surface area (Å²) in [5.74, 6) is 0.200. The van der Waals surface area contributed by atoms with Crippen LogP contribution in [0.5, 0.6) is 17.2 Å². The number of carboxylic acids is 1. The molecule has 5 aromatic rings. The number of hydrogen-bond donors (Lipinski definition) is 2. The molecular weight excluding hydrogens is 564 g/mol. The monoisotopic (exact) mass is 600 g/mol. The molecule has 0 heterocycles. The molecule has 0 spiro atoms. The van der Waals surface area contributed by atoms with Crippen LogP contribution in [0.15, 0.2) is 140 Å². The van der Waals surface area contributed by atoms with Crippen LogP contribution in [0.2, 0.25) is 0 Å². The molecule has 1 amide bonds. The molecule has 228 valence electrons. The average molecular weight is 601 g/mol. The maximum atomic E-state index is 13.1. The quantitative estimate of drug-likeness (QED) is 0.135. The number of carboxylic acid groups (broad SMARTS) is 1. The van der Waals surface area contributed by atoms with E-state index >= 15 is 0 Å². The minimum absolute atomic E-state index is 0.0991. The second kappa shape index (κ2) is 15.9. The maximum Gasteiger partial charge on any atom is 0.326 e. The Morgan fingerprint density at radius 1 is 0.644 bits per heavy atom. The molecule has 0 aromatic heterocycles. The van der Waals surface area contributed by atoms with E-state index in [1.54, 1.807) is 42.5 Å². The molecule has 5 rings (SSSR count). The predicted octanol–water partition coefficient (Wildman–Crippen LogP) is 6.99. The molecule has 0 saturated carbocycles. The lowest BCUT2D eigenvalue weighted by molar-refractivity contribution is -0.139. The van der Waals surface area contributed by atoms with Gasteiger partial charge in [0.15, 0.2) is 0 Å². The van der Waals surface area contributed by atoms with Gasteiger partial charge in [-0.2, -0.15) is 0 Å². The third-order valence-electron chi connectivity index (χ3n) is 7.19. The first kappa shape index (κ1) is 31.0. The van der Waals surface area contributed by atoms with Crippen molar-refractivity contribution in [3.05, 3.63) is 162 Å². The van der Waals surface area contributed by atoms with Crippen molar-refractivity contribution < 1.29 is 24.2 Å². The lowest BCUT2D eigenvalue weighted by Crippen LogP contribution is -2.42. The Balaban J connectivity index is 1.18. The second-order valence-electron chi connectivity index (χ2n) is 10.7. The number of ether oxygens (including phenoxy) is 2. The molecule has 7 nitrogen and oxygen atoms in total. The first-order valence-corrected chi connectivity index (χ1v) is 14.9. The van der Waals surface area contributed by atoms with E-state index < -0.39 is 17.9 Å². The van der Waals surface area contributed by atoms with E-state index in [2.05, 4.69) is 34.5 Å². The summed E-state index contributed by atoms with van der Waals surface area (Å²) >= 11 is 0. The molecule has 1 unspecified atom stereocenters. The van der Waals surface area contributed by atoms with Crippen LogP contribution in [-0.4, -0.2) is 41.1 Å². The molecule has 0 aliphatic rings. The van der Waals surface area contributed by atoms with Crippen molar-refractivity contribution in [2.24, 2.45) is 0 Å². The summed E-state index contributed by atoms with van der Waals surface area (Å²) in [5.41, 5.74) is 3.49. The Kier molecular flexibility index (Phi) is 11.0. The SMILES string of the molecule is O=C(NC(Cc1cccc(Oc2ccccc2)c1)C(=O)O)c1cccc(OCCN(Cc2ccccc2)Cc2ccccc2)c1. The number of hydrogen-bond acceptors (Lipinski definition) is 5. The Hall–Kier alpha value is -5.40. The van der Waals surface area contributed by atoms with Gasteiger partial charge in [-0.05, 0) is 59.2 Å². The van der Waals surface area contributed by atoms with Gasteiger partial charge in [0.1, 0.15) is 29.9 Å². The fourth-order valence-electron chi connectivity index (χ4n) is 4.95. The number of aliphatic carboxylic acids is 1. The molecule has 1 atom stereocenters. The van der Waals surface area contributed by atoms with Crippen LogP contribution in [0, 0.1) is 0 Å². The molecule has 0 fully saturated rings. The fraction of sp³-hybridized carbons (Fsp3) is 0.158. The van der Waals surface area contributed by atoms with E-state index in [1.807, 2.05) is 72.8 Å². The second-order valence-corrected chi connectivity index (χ2v) is 10.7. The average Bonchev–Trinajstić information content (AvgIpc) is 3.06. The van der Waals surface area contributed by atoms with Gasteiger partial charge < -0.3 is 19.9 Å². The van der Waals surface area contributed by atoms with Crippen molar-refractivity contribution >= 4 is 11.9 Å². The molecule has 0 radical (unpaired) electrons.